The Kier molecular flexibility index (Phi) is 13.8. The number of aromatic carboxylic acids is 1. The second kappa shape index (κ2) is 16.3. The van der Waals surface area contributed by atoms with Gasteiger partial charge < -0.3 is 29.5 Å². The van der Waals surface area contributed by atoms with E-state index in [1.807, 2.05) is 48.5 Å². The number of nitrogens with zero attached hydrogens (tertiary/aromatic N) is 2. The van der Waals surface area contributed by atoms with Crippen LogP contribution in [0.4, 0.5) is 9.59 Å². The SMILES string of the molecule is CC(C)(C)OC(=O)N1CCCN(C(=O)OC(C)(C)C)CC(C)(O)C(C2CCCCCCCC2)C1.O=C(O)c1ccccc1. The first-order valence-electron chi connectivity index (χ1n) is 15.9. The maximum atomic E-state index is 13.1. The Bertz CT molecular complexity index is 1000. The van der Waals surface area contributed by atoms with E-state index in [0.717, 1.165) is 25.7 Å². The van der Waals surface area contributed by atoms with E-state index < -0.39 is 28.9 Å². The van der Waals surface area contributed by atoms with E-state index in [0.29, 0.717) is 31.6 Å². The van der Waals surface area contributed by atoms with Crippen LogP contribution in [0.3, 0.4) is 0 Å². The zero-order valence-electron chi connectivity index (χ0n) is 27.6. The molecule has 43 heavy (non-hydrogen) atoms. The summed E-state index contributed by atoms with van der Waals surface area (Å²) in [5, 5.41) is 20.3. The molecule has 1 aromatic rings. The third-order valence-electron chi connectivity index (χ3n) is 7.88. The molecule has 1 aliphatic carbocycles. The molecular weight excluding hydrogens is 548 g/mol. The van der Waals surface area contributed by atoms with Crippen LogP contribution in [-0.4, -0.2) is 81.2 Å². The Morgan fingerprint density at radius 1 is 0.767 bits per heavy atom. The average molecular weight is 605 g/mol. The lowest BCUT2D eigenvalue weighted by atomic mass is 9.74. The van der Waals surface area contributed by atoms with Crippen LogP contribution in [0, 0.1) is 11.8 Å². The third kappa shape index (κ3) is 13.6. The summed E-state index contributed by atoms with van der Waals surface area (Å²) in [6.45, 7) is 14.5. The third-order valence-corrected chi connectivity index (χ3v) is 7.88. The first-order chi connectivity index (χ1) is 20.0. The van der Waals surface area contributed by atoms with Crippen LogP contribution in [0.5, 0.6) is 0 Å². The van der Waals surface area contributed by atoms with Crippen LogP contribution in [0.25, 0.3) is 0 Å². The van der Waals surface area contributed by atoms with Gasteiger partial charge >= 0.3 is 18.2 Å². The van der Waals surface area contributed by atoms with E-state index in [2.05, 4.69) is 0 Å². The molecule has 3 rings (SSSR count). The lowest BCUT2D eigenvalue weighted by Crippen LogP contribution is -2.53. The summed E-state index contributed by atoms with van der Waals surface area (Å²) in [5.41, 5.74) is -2.02. The molecule has 2 fully saturated rings. The van der Waals surface area contributed by atoms with Gasteiger partial charge in [0, 0.05) is 25.6 Å². The zero-order chi connectivity index (χ0) is 32.3. The van der Waals surface area contributed by atoms with E-state index in [1.165, 1.54) is 25.7 Å². The highest BCUT2D eigenvalue weighted by Crippen LogP contribution is 2.36. The number of benzene rings is 1. The lowest BCUT2D eigenvalue weighted by Gasteiger charge is -2.42. The molecular formula is C34H56N2O7. The van der Waals surface area contributed by atoms with Gasteiger partial charge in [-0.25, -0.2) is 14.4 Å². The van der Waals surface area contributed by atoms with E-state index >= 15 is 0 Å². The molecule has 0 bridgehead atoms. The van der Waals surface area contributed by atoms with E-state index in [-0.39, 0.29) is 24.5 Å². The monoisotopic (exact) mass is 604 g/mol. The number of carboxylic acid groups (broad SMARTS) is 1. The van der Waals surface area contributed by atoms with Gasteiger partial charge in [-0.3, -0.25) is 0 Å². The molecule has 1 saturated heterocycles. The van der Waals surface area contributed by atoms with Crippen LogP contribution in [-0.2, 0) is 9.47 Å². The fraction of sp³-hybridized carbons (Fsp3) is 0.735. The van der Waals surface area contributed by atoms with Gasteiger partial charge in [-0.1, -0.05) is 69.6 Å². The molecule has 0 aromatic heterocycles. The van der Waals surface area contributed by atoms with Crippen molar-refractivity contribution in [2.24, 2.45) is 11.8 Å². The molecule has 0 radical (unpaired) electrons. The summed E-state index contributed by atoms with van der Waals surface area (Å²) < 4.78 is 11.4. The molecule has 1 saturated carbocycles. The molecule has 1 heterocycles. The lowest BCUT2D eigenvalue weighted by molar-refractivity contribution is -0.0652. The largest absolute Gasteiger partial charge is 0.478 e. The minimum absolute atomic E-state index is 0.152. The van der Waals surface area contributed by atoms with Crippen LogP contribution in [0.2, 0.25) is 0 Å². The highest BCUT2D eigenvalue weighted by atomic mass is 16.6. The van der Waals surface area contributed by atoms with Gasteiger partial charge in [-0.05, 0) is 72.9 Å². The number of aliphatic hydroxyl groups is 1. The Hall–Kier alpha value is -2.81. The van der Waals surface area contributed by atoms with Crippen molar-refractivity contribution in [1.82, 2.24) is 9.80 Å². The van der Waals surface area contributed by atoms with Gasteiger partial charge in [-0.2, -0.15) is 0 Å². The Labute approximate surface area is 258 Å². The molecule has 2 aliphatic rings. The van der Waals surface area contributed by atoms with Gasteiger partial charge in [0.25, 0.3) is 0 Å². The van der Waals surface area contributed by atoms with Crippen molar-refractivity contribution >= 4 is 18.2 Å². The molecule has 9 heteroatoms. The summed E-state index contributed by atoms with van der Waals surface area (Å²) in [6.07, 6.45) is 9.16. The van der Waals surface area contributed by atoms with Gasteiger partial charge in [0.05, 0.1) is 17.7 Å². The predicted molar refractivity (Wildman–Crippen MR) is 168 cm³/mol. The smallest absolute Gasteiger partial charge is 0.410 e. The fourth-order valence-electron chi connectivity index (χ4n) is 5.84. The second-order valence-electron chi connectivity index (χ2n) is 14.3. The molecule has 2 atom stereocenters. The predicted octanol–water partition coefficient (Wildman–Crippen LogP) is 7.37. The Morgan fingerprint density at radius 3 is 1.70 bits per heavy atom. The summed E-state index contributed by atoms with van der Waals surface area (Å²) in [7, 11) is 0. The molecule has 2 amide bonds. The molecule has 0 spiro atoms. The number of rotatable bonds is 2. The number of carbonyl (C=O) groups excluding carboxylic acids is 2. The summed E-state index contributed by atoms with van der Waals surface area (Å²) in [5.74, 6) is -0.742. The molecule has 1 aliphatic heterocycles. The average Bonchev–Trinajstić information content (AvgIpc) is 3.06. The molecule has 1 aromatic carbocycles. The molecule has 2 unspecified atom stereocenters. The number of hydrogen-bond acceptors (Lipinski definition) is 6. The first kappa shape index (κ1) is 36.4. The topological polar surface area (TPSA) is 117 Å². The van der Waals surface area contributed by atoms with Crippen molar-refractivity contribution in [1.29, 1.82) is 0 Å². The van der Waals surface area contributed by atoms with Crippen LogP contribution in [0.15, 0.2) is 30.3 Å². The van der Waals surface area contributed by atoms with Crippen molar-refractivity contribution in [2.45, 2.75) is 123 Å². The van der Waals surface area contributed by atoms with E-state index in [4.69, 9.17) is 14.6 Å². The maximum Gasteiger partial charge on any atom is 0.410 e. The Balaban J connectivity index is 0.000000609. The van der Waals surface area contributed by atoms with E-state index in [9.17, 15) is 19.5 Å². The molecule has 244 valence electrons. The second-order valence-corrected chi connectivity index (χ2v) is 14.3. The standard InChI is InChI=1S/C27H50N2O5.C7H6O2/c1-25(2,3)33-23(30)28-17-14-18-29(24(31)34-26(4,5)6)20-27(7,32)22(19-28)21-15-12-10-8-9-11-13-16-21;8-7(9)6-4-2-1-3-5-6/h21-22,32H,8-20H2,1-7H3;1-5H,(H,8,9). The minimum Gasteiger partial charge on any atom is -0.478 e. The first-order valence-corrected chi connectivity index (χ1v) is 15.9. The number of amides is 2. The quantitative estimate of drug-likeness (QED) is 0.362. The van der Waals surface area contributed by atoms with Gasteiger partial charge in [0.1, 0.15) is 11.2 Å². The number of carbonyl (C=O) groups is 3. The van der Waals surface area contributed by atoms with Crippen molar-refractivity contribution in [3.05, 3.63) is 35.9 Å². The van der Waals surface area contributed by atoms with Crippen molar-refractivity contribution in [3.63, 3.8) is 0 Å². The fourth-order valence-corrected chi connectivity index (χ4v) is 5.84. The van der Waals surface area contributed by atoms with Gasteiger partial charge in [-0.15, -0.1) is 0 Å². The van der Waals surface area contributed by atoms with E-state index in [1.54, 1.807) is 40.1 Å². The molecule has 9 nitrogen and oxygen atoms in total. The van der Waals surface area contributed by atoms with Gasteiger partial charge in [0.2, 0.25) is 0 Å². The summed E-state index contributed by atoms with van der Waals surface area (Å²) in [6, 6.07) is 8.30. The summed E-state index contributed by atoms with van der Waals surface area (Å²) >= 11 is 0. The Morgan fingerprint density at radius 2 is 1.23 bits per heavy atom. The minimum atomic E-state index is -1.15. The van der Waals surface area contributed by atoms with Crippen molar-refractivity contribution < 1.29 is 34.1 Å². The van der Waals surface area contributed by atoms with Crippen LogP contribution < -0.4 is 0 Å². The number of carboxylic acids is 1. The normalized spacial score (nSPS) is 23.1. The van der Waals surface area contributed by atoms with Crippen LogP contribution in [0.1, 0.15) is 117 Å². The summed E-state index contributed by atoms with van der Waals surface area (Å²) in [4.78, 5) is 39.7. The zero-order valence-corrected chi connectivity index (χ0v) is 27.6. The number of β-amino-alcohol motifs (C(OH)–C–C–N with tert-alkyl or cyclic N) is 1. The molecule has 2 N–H and O–H groups in total. The maximum absolute atomic E-state index is 13.1. The number of hydrogen-bond donors (Lipinski definition) is 2. The number of ether oxygens (including phenoxy) is 2. The van der Waals surface area contributed by atoms with Crippen molar-refractivity contribution in [3.8, 4) is 0 Å². The highest BCUT2D eigenvalue weighted by Gasteiger charge is 2.43. The van der Waals surface area contributed by atoms with Crippen molar-refractivity contribution in [2.75, 3.05) is 26.2 Å². The highest BCUT2D eigenvalue weighted by molar-refractivity contribution is 5.87. The van der Waals surface area contributed by atoms with Crippen LogP contribution >= 0.6 is 0 Å². The van der Waals surface area contributed by atoms with Gasteiger partial charge in [0.15, 0.2) is 0 Å².